The van der Waals surface area contributed by atoms with Crippen LogP contribution in [0.3, 0.4) is 0 Å². The highest BCUT2D eigenvalue weighted by Crippen LogP contribution is 2.08. The van der Waals surface area contributed by atoms with Crippen molar-refractivity contribution in [1.82, 2.24) is 0 Å². The van der Waals surface area contributed by atoms with Gasteiger partial charge in [0.25, 0.3) is 10.1 Å². The molecule has 5 heteroatoms. The molecule has 0 unspecified atom stereocenters. The number of hydrogen-bond donors (Lipinski definition) is 1. The minimum absolute atomic E-state index is 0.307. The van der Waals surface area contributed by atoms with Crippen molar-refractivity contribution < 1.29 is 17.4 Å². The molecule has 0 spiro atoms. The van der Waals surface area contributed by atoms with E-state index in [0.717, 1.165) is 24.3 Å². The van der Waals surface area contributed by atoms with E-state index in [1.165, 1.54) is 0 Å². The van der Waals surface area contributed by atoms with Gasteiger partial charge in [-0.1, -0.05) is 0 Å². The molecule has 0 saturated carbocycles. The summed E-state index contributed by atoms with van der Waals surface area (Å²) in [5.74, 6) is -0.544. The van der Waals surface area contributed by atoms with Crippen molar-refractivity contribution in [3.05, 3.63) is 43.2 Å². The normalized spacial score (nSPS) is 10.0. The van der Waals surface area contributed by atoms with Gasteiger partial charge in [-0.15, -0.1) is 13.2 Å². The zero-order valence-electron chi connectivity index (χ0n) is 6.77. The van der Waals surface area contributed by atoms with Crippen LogP contribution in [0.4, 0.5) is 4.39 Å². The first kappa shape index (κ1) is 11.8. The lowest BCUT2D eigenvalue weighted by Crippen LogP contribution is -1.97. The Morgan fingerprint density at radius 2 is 1.54 bits per heavy atom. The van der Waals surface area contributed by atoms with E-state index < -0.39 is 15.9 Å². The minimum atomic E-state index is -4.19. The van der Waals surface area contributed by atoms with E-state index >= 15 is 0 Å². The molecule has 0 atom stereocenters. The van der Waals surface area contributed by atoms with Crippen molar-refractivity contribution in [1.29, 1.82) is 0 Å². The quantitative estimate of drug-likeness (QED) is 0.561. The monoisotopic (exact) mass is 204 g/mol. The zero-order valence-corrected chi connectivity index (χ0v) is 7.59. The fourth-order valence-electron chi connectivity index (χ4n) is 0.607. The molecule has 1 aromatic carbocycles. The highest BCUT2D eigenvalue weighted by Gasteiger charge is 2.07. The number of hydrogen-bond acceptors (Lipinski definition) is 2. The Balaban J connectivity index is 0.000000671. The van der Waals surface area contributed by atoms with Gasteiger partial charge < -0.3 is 0 Å². The minimum Gasteiger partial charge on any atom is -0.282 e. The van der Waals surface area contributed by atoms with Crippen molar-refractivity contribution in [3.63, 3.8) is 0 Å². The molecular formula is C8H9FO3S. The average molecular weight is 204 g/mol. The topological polar surface area (TPSA) is 54.4 Å². The Hall–Kier alpha value is -1.20. The standard InChI is InChI=1S/C6H5FO3S.C2H4/c7-5-1-3-6(4-2-5)11(8,9)10;1-2/h1-4H,(H,8,9,10);1-2H2. The molecule has 0 saturated heterocycles. The predicted molar refractivity (Wildman–Crippen MR) is 47.5 cm³/mol. The third kappa shape index (κ3) is 3.82. The van der Waals surface area contributed by atoms with E-state index in [9.17, 15) is 12.8 Å². The molecule has 72 valence electrons. The fraction of sp³-hybridized carbons (Fsp3) is 0. The van der Waals surface area contributed by atoms with Crippen LogP contribution in [0.5, 0.6) is 0 Å². The summed E-state index contributed by atoms with van der Waals surface area (Å²) < 4.78 is 41.4. The SMILES string of the molecule is C=C.O=S(=O)(O)c1ccc(F)cc1. The highest BCUT2D eigenvalue weighted by molar-refractivity contribution is 7.85. The molecule has 0 aliphatic heterocycles. The summed E-state index contributed by atoms with van der Waals surface area (Å²) >= 11 is 0. The first-order valence-electron chi connectivity index (χ1n) is 3.23. The largest absolute Gasteiger partial charge is 0.294 e. The summed E-state index contributed by atoms with van der Waals surface area (Å²) in [6.45, 7) is 6.00. The molecule has 1 rings (SSSR count). The third-order valence-electron chi connectivity index (χ3n) is 1.11. The summed E-state index contributed by atoms with van der Waals surface area (Å²) in [5.41, 5.74) is 0. The second-order valence-corrected chi connectivity index (χ2v) is 3.35. The van der Waals surface area contributed by atoms with E-state index in [1.54, 1.807) is 0 Å². The molecule has 0 fully saturated rings. The molecule has 1 aromatic rings. The van der Waals surface area contributed by atoms with Crippen LogP contribution in [0.15, 0.2) is 42.3 Å². The number of rotatable bonds is 1. The summed E-state index contributed by atoms with van der Waals surface area (Å²) in [7, 11) is -4.19. The second kappa shape index (κ2) is 4.74. The molecule has 0 amide bonds. The van der Waals surface area contributed by atoms with Crippen molar-refractivity contribution in [3.8, 4) is 0 Å². The molecule has 0 bridgehead atoms. The molecule has 13 heavy (non-hydrogen) atoms. The van der Waals surface area contributed by atoms with Crippen molar-refractivity contribution >= 4 is 10.1 Å². The maximum absolute atomic E-state index is 12.2. The summed E-state index contributed by atoms with van der Waals surface area (Å²) in [6.07, 6.45) is 0. The van der Waals surface area contributed by atoms with Gasteiger partial charge in [0.05, 0.1) is 4.90 Å². The van der Waals surface area contributed by atoms with E-state index in [2.05, 4.69) is 13.2 Å². The van der Waals surface area contributed by atoms with Crippen molar-refractivity contribution in [2.75, 3.05) is 0 Å². The van der Waals surface area contributed by atoms with Crippen molar-refractivity contribution in [2.45, 2.75) is 4.90 Å². The summed E-state index contributed by atoms with van der Waals surface area (Å²) in [6, 6.07) is 3.90. The second-order valence-electron chi connectivity index (χ2n) is 1.93. The van der Waals surface area contributed by atoms with Gasteiger partial charge in [-0.05, 0) is 24.3 Å². The molecule has 0 aromatic heterocycles. The van der Waals surface area contributed by atoms with E-state index in [1.807, 2.05) is 0 Å². The van der Waals surface area contributed by atoms with E-state index in [4.69, 9.17) is 4.55 Å². The zero-order chi connectivity index (χ0) is 10.5. The lowest BCUT2D eigenvalue weighted by molar-refractivity contribution is 0.483. The van der Waals surface area contributed by atoms with Crippen molar-refractivity contribution in [2.24, 2.45) is 0 Å². The van der Waals surface area contributed by atoms with E-state index in [0.29, 0.717) is 0 Å². The Morgan fingerprint density at radius 1 is 1.15 bits per heavy atom. The number of benzene rings is 1. The molecular weight excluding hydrogens is 195 g/mol. The lowest BCUT2D eigenvalue weighted by Gasteiger charge is -1.93. The van der Waals surface area contributed by atoms with Gasteiger partial charge in [-0.25, -0.2) is 4.39 Å². The van der Waals surface area contributed by atoms with Crippen LogP contribution >= 0.6 is 0 Å². The smallest absolute Gasteiger partial charge is 0.282 e. The highest BCUT2D eigenvalue weighted by atomic mass is 32.2. The Morgan fingerprint density at radius 3 is 1.85 bits per heavy atom. The van der Waals surface area contributed by atoms with Gasteiger partial charge in [0.15, 0.2) is 0 Å². The van der Waals surface area contributed by atoms with Crippen LogP contribution < -0.4 is 0 Å². The predicted octanol–water partition coefficient (Wildman–Crippen LogP) is 1.87. The molecule has 0 heterocycles. The maximum Gasteiger partial charge on any atom is 0.294 e. The Kier molecular flexibility index (Phi) is 4.30. The van der Waals surface area contributed by atoms with Gasteiger partial charge in [-0.3, -0.25) is 4.55 Å². The first-order chi connectivity index (χ1) is 6.00. The third-order valence-corrected chi connectivity index (χ3v) is 1.98. The maximum atomic E-state index is 12.2. The van der Waals surface area contributed by atoms with Crippen LogP contribution in [0, 0.1) is 5.82 Å². The molecule has 0 aliphatic rings. The van der Waals surface area contributed by atoms with Gasteiger partial charge in [-0.2, -0.15) is 8.42 Å². The van der Waals surface area contributed by atoms with Crippen LogP contribution in [0.25, 0.3) is 0 Å². The molecule has 3 nitrogen and oxygen atoms in total. The Labute approximate surface area is 76.3 Å². The van der Waals surface area contributed by atoms with Crippen LogP contribution in [0.2, 0.25) is 0 Å². The summed E-state index contributed by atoms with van der Waals surface area (Å²) in [4.78, 5) is -0.307. The molecule has 0 radical (unpaired) electrons. The van der Waals surface area contributed by atoms with Crippen LogP contribution in [-0.4, -0.2) is 13.0 Å². The average Bonchev–Trinajstić information content (AvgIpc) is 2.07. The number of halogens is 1. The molecule has 0 aliphatic carbocycles. The van der Waals surface area contributed by atoms with Gasteiger partial charge >= 0.3 is 0 Å². The lowest BCUT2D eigenvalue weighted by atomic mass is 10.4. The summed E-state index contributed by atoms with van der Waals surface area (Å²) in [5, 5.41) is 0. The molecule has 1 N–H and O–H groups in total. The van der Waals surface area contributed by atoms with Crippen LogP contribution in [0.1, 0.15) is 0 Å². The van der Waals surface area contributed by atoms with Crippen LogP contribution in [-0.2, 0) is 10.1 Å². The fourth-order valence-corrected chi connectivity index (χ4v) is 1.09. The first-order valence-corrected chi connectivity index (χ1v) is 4.67. The van der Waals surface area contributed by atoms with Gasteiger partial charge in [0, 0.05) is 0 Å². The van der Waals surface area contributed by atoms with Gasteiger partial charge in [0.2, 0.25) is 0 Å². The Bertz CT molecular complexity index is 355. The van der Waals surface area contributed by atoms with Gasteiger partial charge in [0.1, 0.15) is 5.82 Å². The van der Waals surface area contributed by atoms with E-state index in [-0.39, 0.29) is 4.90 Å².